The third kappa shape index (κ3) is 6.62. The molecule has 0 radical (unpaired) electrons. The van der Waals surface area contributed by atoms with Crippen LogP contribution in [0.4, 0.5) is 0 Å². The lowest BCUT2D eigenvalue weighted by atomic mass is 10.1. The van der Waals surface area contributed by atoms with Crippen LogP contribution in [0, 0.1) is 5.92 Å². The molecule has 1 unspecified atom stereocenters. The molecule has 0 aromatic heterocycles. The van der Waals surface area contributed by atoms with Crippen LogP contribution < -0.4 is 0 Å². The fourth-order valence-electron chi connectivity index (χ4n) is 0.851. The largest absolute Gasteiger partial charge is 0.390 e. The van der Waals surface area contributed by atoms with Crippen LogP contribution in [0.25, 0.3) is 0 Å². The van der Waals surface area contributed by atoms with Gasteiger partial charge in [0.2, 0.25) is 0 Å². The van der Waals surface area contributed by atoms with Crippen molar-refractivity contribution in [2.75, 3.05) is 13.2 Å². The van der Waals surface area contributed by atoms with Crippen molar-refractivity contribution >= 4 is 0 Å². The third-order valence-electron chi connectivity index (χ3n) is 1.95. The van der Waals surface area contributed by atoms with E-state index in [0.29, 0.717) is 12.5 Å². The zero-order valence-electron chi connectivity index (χ0n) is 8.55. The Labute approximate surface area is 75.9 Å². The van der Waals surface area contributed by atoms with Gasteiger partial charge in [-0.15, -0.1) is 0 Å². The number of aliphatic hydroxyl groups is 1. The van der Waals surface area contributed by atoms with E-state index in [1.54, 1.807) is 0 Å². The van der Waals surface area contributed by atoms with Crippen molar-refractivity contribution < 1.29 is 9.84 Å². The molecule has 0 bridgehead atoms. The first-order valence-corrected chi connectivity index (χ1v) is 4.94. The van der Waals surface area contributed by atoms with Crippen molar-refractivity contribution in [3.63, 3.8) is 0 Å². The minimum atomic E-state index is -0.299. The molecule has 0 heterocycles. The molecule has 0 aromatic carbocycles. The Morgan fingerprint density at radius 1 is 1.25 bits per heavy atom. The highest BCUT2D eigenvalue weighted by Crippen LogP contribution is 2.02. The molecule has 1 atom stereocenters. The summed E-state index contributed by atoms with van der Waals surface area (Å²) in [4.78, 5) is 0. The van der Waals surface area contributed by atoms with Gasteiger partial charge in [0.05, 0.1) is 12.7 Å². The highest BCUT2D eigenvalue weighted by Gasteiger charge is 2.07. The molecule has 0 spiro atoms. The van der Waals surface area contributed by atoms with Gasteiger partial charge in [-0.05, 0) is 12.3 Å². The molecule has 0 aliphatic heterocycles. The minimum Gasteiger partial charge on any atom is -0.390 e. The molecule has 0 aromatic rings. The summed E-state index contributed by atoms with van der Waals surface area (Å²) in [5, 5.41) is 9.36. The minimum absolute atomic E-state index is 0.299. The van der Waals surface area contributed by atoms with Gasteiger partial charge in [-0.2, -0.15) is 0 Å². The van der Waals surface area contributed by atoms with Gasteiger partial charge in [0, 0.05) is 6.61 Å². The fourth-order valence-corrected chi connectivity index (χ4v) is 0.851. The predicted octanol–water partition coefficient (Wildman–Crippen LogP) is 2.21. The Bertz CT molecular complexity index is 91.8. The molecule has 74 valence electrons. The van der Waals surface area contributed by atoms with Gasteiger partial charge in [0.25, 0.3) is 0 Å². The molecule has 12 heavy (non-hydrogen) atoms. The summed E-state index contributed by atoms with van der Waals surface area (Å²) in [6.45, 7) is 7.45. The average Bonchev–Trinajstić information content (AvgIpc) is 2.03. The molecule has 0 saturated carbocycles. The molecular formula is C10H22O2. The highest BCUT2D eigenvalue weighted by atomic mass is 16.5. The first-order chi connectivity index (χ1) is 5.68. The van der Waals surface area contributed by atoms with E-state index in [0.717, 1.165) is 13.0 Å². The quantitative estimate of drug-likeness (QED) is 0.600. The van der Waals surface area contributed by atoms with Crippen LogP contribution in [0.3, 0.4) is 0 Å². The van der Waals surface area contributed by atoms with E-state index in [2.05, 4.69) is 6.92 Å². The second-order valence-corrected chi connectivity index (χ2v) is 3.59. The lowest BCUT2D eigenvalue weighted by Gasteiger charge is -2.14. The molecule has 0 fully saturated rings. The number of hydrogen-bond acceptors (Lipinski definition) is 2. The Balaban J connectivity index is 3.08. The van der Waals surface area contributed by atoms with E-state index in [9.17, 15) is 5.11 Å². The molecular weight excluding hydrogens is 152 g/mol. The van der Waals surface area contributed by atoms with Gasteiger partial charge >= 0.3 is 0 Å². The lowest BCUT2D eigenvalue weighted by Crippen LogP contribution is -2.21. The third-order valence-corrected chi connectivity index (χ3v) is 1.95. The molecule has 0 rings (SSSR count). The number of rotatable bonds is 7. The van der Waals surface area contributed by atoms with Crippen molar-refractivity contribution in [2.45, 2.75) is 46.1 Å². The van der Waals surface area contributed by atoms with Crippen molar-refractivity contribution in [2.24, 2.45) is 5.92 Å². The van der Waals surface area contributed by atoms with Gasteiger partial charge in [-0.1, -0.05) is 33.6 Å². The summed E-state index contributed by atoms with van der Waals surface area (Å²) in [6.07, 6.45) is 3.25. The first kappa shape index (κ1) is 11.9. The van der Waals surface area contributed by atoms with Crippen molar-refractivity contribution in [1.82, 2.24) is 0 Å². The predicted molar refractivity (Wildman–Crippen MR) is 51.2 cm³/mol. The molecule has 0 aliphatic carbocycles. The summed E-state index contributed by atoms with van der Waals surface area (Å²) >= 11 is 0. The van der Waals surface area contributed by atoms with Crippen LogP contribution in [-0.4, -0.2) is 24.4 Å². The molecule has 2 nitrogen and oxygen atoms in total. The lowest BCUT2D eigenvalue weighted by molar-refractivity contribution is 0.0120. The van der Waals surface area contributed by atoms with Crippen LogP contribution in [0.15, 0.2) is 0 Å². The monoisotopic (exact) mass is 174 g/mol. The van der Waals surface area contributed by atoms with Crippen LogP contribution in [0.1, 0.15) is 40.0 Å². The average molecular weight is 174 g/mol. The summed E-state index contributed by atoms with van der Waals surface area (Å²) in [7, 11) is 0. The summed E-state index contributed by atoms with van der Waals surface area (Å²) in [6, 6.07) is 0. The van der Waals surface area contributed by atoms with Gasteiger partial charge in [-0.25, -0.2) is 0 Å². The Morgan fingerprint density at radius 3 is 2.42 bits per heavy atom. The second-order valence-electron chi connectivity index (χ2n) is 3.59. The Hall–Kier alpha value is -0.0800. The molecule has 0 aliphatic rings. The topological polar surface area (TPSA) is 29.5 Å². The summed E-state index contributed by atoms with van der Waals surface area (Å²) in [5.74, 6) is 0.302. The maximum Gasteiger partial charge on any atom is 0.0796 e. The Kier molecular flexibility index (Phi) is 7.51. The van der Waals surface area contributed by atoms with E-state index < -0.39 is 0 Å². The van der Waals surface area contributed by atoms with Crippen LogP contribution in [0.5, 0.6) is 0 Å². The maximum atomic E-state index is 9.36. The summed E-state index contributed by atoms with van der Waals surface area (Å²) < 4.78 is 5.31. The number of aliphatic hydroxyl groups excluding tert-OH is 1. The fraction of sp³-hybridized carbons (Fsp3) is 1.00. The zero-order valence-corrected chi connectivity index (χ0v) is 8.55. The van der Waals surface area contributed by atoms with Crippen LogP contribution in [-0.2, 0) is 4.74 Å². The van der Waals surface area contributed by atoms with E-state index >= 15 is 0 Å². The van der Waals surface area contributed by atoms with Gasteiger partial charge in [0.15, 0.2) is 0 Å². The molecule has 0 saturated heterocycles. The van der Waals surface area contributed by atoms with Crippen LogP contribution in [0.2, 0.25) is 0 Å². The van der Waals surface area contributed by atoms with Crippen LogP contribution >= 0.6 is 0 Å². The van der Waals surface area contributed by atoms with E-state index in [1.165, 1.54) is 12.8 Å². The highest BCUT2D eigenvalue weighted by molar-refractivity contribution is 4.57. The van der Waals surface area contributed by atoms with Crippen molar-refractivity contribution in [3.05, 3.63) is 0 Å². The number of unbranched alkanes of at least 4 members (excludes halogenated alkanes) is 2. The first-order valence-electron chi connectivity index (χ1n) is 4.94. The SMILES string of the molecule is CCCCCOCC(O)C(C)C. The zero-order chi connectivity index (χ0) is 9.40. The number of hydrogen-bond donors (Lipinski definition) is 1. The number of ether oxygens (including phenoxy) is 1. The molecule has 1 N–H and O–H groups in total. The van der Waals surface area contributed by atoms with E-state index in [-0.39, 0.29) is 6.10 Å². The summed E-state index contributed by atoms with van der Waals surface area (Å²) in [5.41, 5.74) is 0. The van der Waals surface area contributed by atoms with Gasteiger partial charge in [0.1, 0.15) is 0 Å². The maximum absolute atomic E-state index is 9.36. The second kappa shape index (κ2) is 7.56. The molecule has 0 amide bonds. The normalized spacial score (nSPS) is 13.8. The van der Waals surface area contributed by atoms with Gasteiger partial charge < -0.3 is 9.84 Å². The smallest absolute Gasteiger partial charge is 0.0796 e. The van der Waals surface area contributed by atoms with Crippen molar-refractivity contribution in [3.8, 4) is 0 Å². The Morgan fingerprint density at radius 2 is 1.92 bits per heavy atom. The van der Waals surface area contributed by atoms with Crippen molar-refractivity contribution in [1.29, 1.82) is 0 Å². The van der Waals surface area contributed by atoms with Gasteiger partial charge in [-0.3, -0.25) is 0 Å². The van der Waals surface area contributed by atoms with E-state index in [4.69, 9.17) is 4.74 Å². The van der Waals surface area contributed by atoms with E-state index in [1.807, 2.05) is 13.8 Å². The molecule has 2 heteroatoms. The standard InChI is InChI=1S/C10H22O2/c1-4-5-6-7-12-8-10(11)9(2)3/h9-11H,4-8H2,1-3H3.